The number of likely N-dealkylation sites (N-methyl/N-ethyl adjacent to an activating group) is 2. The van der Waals surface area contributed by atoms with Crippen molar-refractivity contribution in [3.8, 4) is 0 Å². The maximum Gasteiger partial charge on any atom is 0.243 e. The Kier molecular flexibility index (Phi) is 8.54. The minimum absolute atomic E-state index is 0.0349. The van der Waals surface area contributed by atoms with Gasteiger partial charge < -0.3 is 10.2 Å². The highest BCUT2D eigenvalue weighted by Crippen LogP contribution is 2.16. The van der Waals surface area contributed by atoms with Crippen LogP contribution in [-0.2, 0) is 22.6 Å². The number of amides is 2. The molecule has 0 aliphatic heterocycles. The molecule has 0 aliphatic carbocycles. The molecule has 0 unspecified atom stereocenters. The number of rotatable bonds is 9. The van der Waals surface area contributed by atoms with E-state index in [-0.39, 0.29) is 24.9 Å². The number of nitrogens with one attached hydrogen (secondary N) is 1. The molecule has 0 fully saturated rings. The summed E-state index contributed by atoms with van der Waals surface area (Å²) in [6, 6.07) is 16.0. The number of para-hydroxylation sites is 1. The monoisotopic (exact) mass is 399 g/mol. The summed E-state index contributed by atoms with van der Waals surface area (Å²) in [6.45, 7) is 3.03. The fourth-order valence-corrected chi connectivity index (χ4v) is 3.30. The van der Waals surface area contributed by atoms with Crippen LogP contribution in [0.5, 0.6) is 0 Å². The van der Waals surface area contributed by atoms with E-state index < -0.39 is 0 Å². The number of benzene rings is 2. The van der Waals surface area contributed by atoms with Gasteiger partial charge in [0.2, 0.25) is 11.8 Å². The predicted octanol–water partition coefficient (Wildman–Crippen LogP) is 3.50. The van der Waals surface area contributed by atoms with Gasteiger partial charge in [-0.15, -0.1) is 11.8 Å². The molecule has 0 saturated carbocycles. The smallest absolute Gasteiger partial charge is 0.243 e. The van der Waals surface area contributed by atoms with Gasteiger partial charge in [-0.2, -0.15) is 0 Å². The van der Waals surface area contributed by atoms with Crippen LogP contribution in [0.25, 0.3) is 0 Å². The lowest BCUT2D eigenvalue weighted by Crippen LogP contribution is -2.40. The number of nitrogens with zero attached hydrogens (tertiary/aromatic N) is 2. The quantitative estimate of drug-likeness (QED) is 0.656. The van der Waals surface area contributed by atoms with Crippen LogP contribution in [0.2, 0.25) is 0 Å². The van der Waals surface area contributed by atoms with Crippen LogP contribution in [0, 0.1) is 0 Å². The molecule has 1 N–H and O–H groups in total. The van der Waals surface area contributed by atoms with Crippen LogP contribution >= 0.6 is 11.8 Å². The van der Waals surface area contributed by atoms with Crippen LogP contribution in [0.1, 0.15) is 18.1 Å². The third kappa shape index (κ3) is 6.69. The molecule has 0 spiro atoms. The van der Waals surface area contributed by atoms with Crippen molar-refractivity contribution in [1.29, 1.82) is 0 Å². The van der Waals surface area contributed by atoms with E-state index in [4.69, 9.17) is 0 Å². The van der Waals surface area contributed by atoms with E-state index in [1.165, 1.54) is 9.80 Å². The fourth-order valence-electron chi connectivity index (χ4n) is 2.89. The number of carbonyl (C=O) groups excluding carboxylic acids is 2. The molecule has 5 nitrogen and oxygen atoms in total. The van der Waals surface area contributed by atoms with Crippen LogP contribution < -0.4 is 5.32 Å². The predicted molar refractivity (Wildman–Crippen MR) is 117 cm³/mol. The number of anilines is 1. The topological polar surface area (TPSA) is 52.7 Å². The first-order valence-electron chi connectivity index (χ1n) is 9.36. The van der Waals surface area contributed by atoms with Crippen molar-refractivity contribution in [3.05, 3.63) is 59.7 Å². The van der Waals surface area contributed by atoms with Crippen molar-refractivity contribution in [2.24, 2.45) is 0 Å². The Morgan fingerprint density at radius 1 is 1.00 bits per heavy atom. The average Bonchev–Trinajstić information content (AvgIpc) is 2.68. The molecule has 2 aromatic rings. The third-order valence-electron chi connectivity index (χ3n) is 4.50. The number of aryl methyl sites for hydroxylation is 1. The van der Waals surface area contributed by atoms with Crippen molar-refractivity contribution >= 4 is 29.3 Å². The van der Waals surface area contributed by atoms with Gasteiger partial charge >= 0.3 is 0 Å². The van der Waals surface area contributed by atoms with Crippen LogP contribution in [0.3, 0.4) is 0 Å². The van der Waals surface area contributed by atoms with E-state index in [0.717, 1.165) is 23.2 Å². The molecule has 2 amide bonds. The summed E-state index contributed by atoms with van der Waals surface area (Å²) in [4.78, 5) is 29.4. The van der Waals surface area contributed by atoms with Gasteiger partial charge in [0.15, 0.2) is 0 Å². The summed E-state index contributed by atoms with van der Waals surface area (Å²) < 4.78 is 0. The molecule has 2 aromatic carbocycles. The Morgan fingerprint density at radius 2 is 1.68 bits per heavy atom. The van der Waals surface area contributed by atoms with Crippen LogP contribution in [0.4, 0.5) is 5.69 Å². The second-order valence-corrected chi connectivity index (χ2v) is 7.71. The minimum Gasteiger partial charge on any atom is -0.335 e. The summed E-state index contributed by atoms with van der Waals surface area (Å²) in [6.07, 6.45) is 2.89. The summed E-state index contributed by atoms with van der Waals surface area (Å²) in [5, 5.41) is 2.90. The second kappa shape index (κ2) is 10.9. The SMILES string of the molecule is CCc1ccccc1NC(=O)CN(C)C(=O)CN(C)Cc1ccc(SC)cc1. The molecule has 150 valence electrons. The van der Waals surface area contributed by atoms with Crippen molar-refractivity contribution in [1.82, 2.24) is 9.80 Å². The van der Waals surface area contributed by atoms with Crippen molar-refractivity contribution in [2.75, 3.05) is 38.8 Å². The number of thioether (sulfide) groups is 1. The van der Waals surface area contributed by atoms with E-state index in [1.807, 2.05) is 49.4 Å². The summed E-state index contributed by atoms with van der Waals surface area (Å²) in [5.74, 6) is -0.269. The highest BCUT2D eigenvalue weighted by molar-refractivity contribution is 7.98. The van der Waals surface area contributed by atoms with E-state index in [9.17, 15) is 9.59 Å². The Bertz CT molecular complexity index is 793. The van der Waals surface area contributed by atoms with Gasteiger partial charge in [-0.3, -0.25) is 14.5 Å². The molecule has 0 aromatic heterocycles. The molecule has 0 atom stereocenters. The van der Waals surface area contributed by atoms with Crippen molar-refractivity contribution < 1.29 is 9.59 Å². The lowest BCUT2D eigenvalue weighted by Gasteiger charge is -2.22. The van der Waals surface area contributed by atoms with Gasteiger partial charge in [0.1, 0.15) is 0 Å². The molecular formula is C22H29N3O2S. The zero-order valence-corrected chi connectivity index (χ0v) is 17.9. The Hall–Kier alpha value is -2.31. The summed E-state index contributed by atoms with van der Waals surface area (Å²) >= 11 is 1.71. The van der Waals surface area contributed by atoms with Crippen LogP contribution in [0.15, 0.2) is 53.4 Å². The van der Waals surface area contributed by atoms with E-state index in [2.05, 4.69) is 29.6 Å². The first kappa shape index (κ1) is 22.0. The first-order chi connectivity index (χ1) is 13.4. The average molecular weight is 400 g/mol. The Morgan fingerprint density at radius 3 is 2.32 bits per heavy atom. The molecule has 0 heterocycles. The molecule has 0 bridgehead atoms. The van der Waals surface area contributed by atoms with Gasteiger partial charge in [0.05, 0.1) is 13.1 Å². The molecule has 0 saturated heterocycles. The van der Waals surface area contributed by atoms with E-state index >= 15 is 0 Å². The highest BCUT2D eigenvalue weighted by Gasteiger charge is 2.16. The number of hydrogen-bond acceptors (Lipinski definition) is 4. The Labute approximate surface area is 172 Å². The standard InChI is InChI=1S/C22H29N3O2S/c1-5-18-8-6-7-9-20(18)23-21(26)15-25(3)22(27)16-24(2)14-17-10-12-19(28-4)13-11-17/h6-13H,5,14-16H2,1-4H3,(H,23,26). The largest absolute Gasteiger partial charge is 0.335 e. The summed E-state index contributed by atoms with van der Waals surface area (Å²) in [7, 11) is 3.57. The normalized spacial score (nSPS) is 10.8. The molecule has 0 aliphatic rings. The van der Waals surface area contributed by atoms with Gasteiger partial charge in [-0.1, -0.05) is 37.3 Å². The lowest BCUT2D eigenvalue weighted by atomic mass is 10.1. The van der Waals surface area contributed by atoms with Gasteiger partial charge in [-0.25, -0.2) is 0 Å². The fraction of sp³-hybridized carbons (Fsp3) is 0.364. The maximum absolute atomic E-state index is 12.5. The van der Waals surface area contributed by atoms with E-state index in [0.29, 0.717) is 6.54 Å². The molecule has 28 heavy (non-hydrogen) atoms. The lowest BCUT2D eigenvalue weighted by molar-refractivity contribution is -0.134. The van der Waals surface area contributed by atoms with Gasteiger partial charge in [0.25, 0.3) is 0 Å². The minimum atomic E-state index is -0.188. The third-order valence-corrected chi connectivity index (χ3v) is 5.24. The first-order valence-corrected chi connectivity index (χ1v) is 10.6. The molecule has 6 heteroatoms. The highest BCUT2D eigenvalue weighted by atomic mass is 32.2. The van der Waals surface area contributed by atoms with Crippen molar-refractivity contribution in [2.45, 2.75) is 24.8 Å². The summed E-state index contributed by atoms with van der Waals surface area (Å²) in [5.41, 5.74) is 3.04. The number of hydrogen-bond donors (Lipinski definition) is 1. The zero-order valence-electron chi connectivity index (χ0n) is 17.1. The maximum atomic E-state index is 12.5. The van der Waals surface area contributed by atoms with Crippen molar-refractivity contribution in [3.63, 3.8) is 0 Å². The molecule has 2 rings (SSSR count). The molecule has 0 radical (unpaired) electrons. The van der Waals surface area contributed by atoms with Gasteiger partial charge in [0, 0.05) is 24.2 Å². The molecular weight excluding hydrogens is 370 g/mol. The van der Waals surface area contributed by atoms with Crippen LogP contribution in [-0.4, -0.2) is 55.1 Å². The van der Waals surface area contributed by atoms with Gasteiger partial charge in [-0.05, 0) is 49.1 Å². The number of carbonyl (C=O) groups is 2. The van der Waals surface area contributed by atoms with E-state index in [1.54, 1.807) is 18.8 Å². The second-order valence-electron chi connectivity index (χ2n) is 6.83. The zero-order chi connectivity index (χ0) is 20.5. The Balaban J connectivity index is 1.83.